The third kappa shape index (κ3) is 2.65. The van der Waals surface area contributed by atoms with Gasteiger partial charge >= 0.3 is 0 Å². The molecule has 4 rings (SSSR count). The molecule has 1 saturated carbocycles. The minimum atomic E-state index is -0.0957. The molecule has 0 radical (unpaired) electrons. The maximum absolute atomic E-state index is 12.6. The zero-order chi connectivity index (χ0) is 16.0. The minimum absolute atomic E-state index is 0.0709. The van der Waals surface area contributed by atoms with Gasteiger partial charge in [-0.3, -0.25) is 14.0 Å². The second-order valence-electron chi connectivity index (χ2n) is 6.06. The quantitative estimate of drug-likeness (QED) is 0.779. The van der Waals surface area contributed by atoms with Crippen LogP contribution in [0.15, 0.2) is 22.3 Å². The van der Waals surface area contributed by atoms with Gasteiger partial charge in [-0.15, -0.1) is 11.3 Å². The Bertz CT molecular complexity index is 948. The first-order valence-corrected chi connectivity index (χ1v) is 8.77. The minimum Gasteiger partial charge on any atom is -0.353 e. The average molecular weight is 330 g/mol. The van der Waals surface area contributed by atoms with Crippen molar-refractivity contribution in [3.8, 4) is 0 Å². The van der Waals surface area contributed by atoms with Gasteiger partial charge in [0.1, 0.15) is 11.3 Å². The van der Waals surface area contributed by atoms with E-state index in [0.717, 1.165) is 28.9 Å². The molecule has 1 aliphatic carbocycles. The number of hydrogen-bond donors (Lipinski definition) is 1. The molecular weight excluding hydrogens is 312 g/mol. The fourth-order valence-electron chi connectivity index (χ4n) is 2.90. The highest BCUT2D eigenvalue weighted by molar-refractivity contribution is 7.17. The highest BCUT2D eigenvalue weighted by atomic mass is 32.1. The van der Waals surface area contributed by atoms with Gasteiger partial charge in [-0.2, -0.15) is 5.10 Å². The first-order valence-electron chi connectivity index (χ1n) is 7.89. The summed E-state index contributed by atoms with van der Waals surface area (Å²) in [5.74, 6) is 0.858. The summed E-state index contributed by atoms with van der Waals surface area (Å²) < 4.78 is 4.48. The van der Waals surface area contributed by atoms with Crippen molar-refractivity contribution in [2.24, 2.45) is 0 Å². The van der Waals surface area contributed by atoms with Crippen LogP contribution in [-0.2, 0) is 11.3 Å². The number of nitrogens with zero attached hydrogens (tertiary/aromatic N) is 3. The molecule has 1 aliphatic rings. The van der Waals surface area contributed by atoms with Crippen molar-refractivity contribution >= 4 is 33.0 Å². The Balaban J connectivity index is 1.56. The number of carbonyl (C=O) groups excluding carboxylic acids is 1. The maximum Gasteiger partial charge on any atom is 0.291 e. The van der Waals surface area contributed by atoms with Gasteiger partial charge in [-0.1, -0.05) is 0 Å². The summed E-state index contributed by atoms with van der Waals surface area (Å²) in [6.45, 7) is 2.37. The van der Waals surface area contributed by atoms with Crippen LogP contribution >= 0.6 is 11.3 Å². The van der Waals surface area contributed by atoms with E-state index in [1.165, 1.54) is 4.68 Å². The van der Waals surface area contributed by atoms with Crippen LogP contribution in [0.4, 0.5) is 0 Å². The predicted octanol–water partition coefficient (Wildman–Crippen LogP) is 2.08. The standard InChI is InChI=1S/C16H18N4O2S/c1-10-18-19(7-2-3-15(21)17-11-4-5-11)16(22)13-9-14-12(20(10)13)6-8-23-14/h6,8-9,11H,2-5,7H2,1H3,(H,17,21). The topological polar surface area (TPSA) is 68.4 Å². The molecule has 7 heteroatoms. The summed E-state index contributed by atoms with van der Waals surface area (Å²) in [4.78, 5) is 24.3. The number of carbonyl (C=O) groups is 1. The summed E-state index contributed by atoms with van der Waals surface area (Å²) in [7, 11) is 0. The zero-order valence-corrected chi connectivity index (χ0v) is 13.7. The van der Waals surface area contributed by atoms with Crippen LogP contribution in [-0.4, -0.2) is 26.1 Å². The molecule has 0 aromatic carbocycles. The summed E-state index contributed by atoms with van der Waals surface area (Å²) in [5.41, 5.74) is 1.59. The number of hydrogen-bond acceptors (Lipinski definition) is 4. The van der Waals surface area contributed by atoms with Gasteiger partial charge in [0, 0.05) is 19.0 Å². The highest BCUT2D eigenvalue weighted by Gasteiger charge is 2.22. The molecule has 3 aromatic rings. The summed E-state index contributed by atoms with van der Waals surface area (Å²) >= 11 is 1.62. The summed E-state index contributed by atoms with van der Waals surface area (Å²) in [5, 5.41) is 9.39. The number of amides is 1. The van der Waals surface area contributed by atoms with Crippen LogP contribution in [0.2, 0.25) is 0 Å². The third-order valence-corrected chi connectivity index (χ3v) is 5.03. The lowest BCUT2D eigenvalue weighted by Crippen LogP contribution is -2.28. The second-order valence-corrected chi connectivity index (χ2v) is 7.00. The van der Waals surface area contributed by atoms with E-state index in [9.17, 15) is 9.59 Å². The van der Waals surface area contributed by atoms with E-state index in [4.69, 9.17) is 0 Å². The van der Waals surface area contributed by atoms with Crippen molar-refractivity contribution in [3.05, 3.63) is 33.7 Å². The smallest absolute Gasteiger partial charge is 0.291 e. The molecule has 1 amide bonds. The van der Waals surface area contributed by atoms with Crippen molar-refractivity contribution in [2.45, 2.75) is 45.2 Å². The van der Waals surface area contributed by atoms with Crippen LogP contribution in [0.5, 0.6) is 0 Å². The number of aryl methyl sites for hydroxylation is 2. The Kier molecular flexibility index (Phi) is 3.45. The third-order valence-electron chi connectivity index (χ3n) is 4.18. The first-order chi connectivity index (χ1) is 11.1. The highest BCUT2D eigenvalue weighted by Crippen LogP contribution is 2.24. The molecule has 6 nitrogen and oxygen atoms in total. The normalized spacial score (nSPS) is 14.7. The Hall–Kier alpha value is -2.15. The van der Waals surface area contributed by atoms with E-state index in [0.29, 0.717) is 30.9 Å². The van der Waals surface area contributed by atoms with E-state index in [1.807, 2.05) is 28.8 Å². The Labute approximate surface area is 136 Å². The van der Waals surface area contributed by atoms with Gasteiger partial charge in [-0.05, 0) is 43.7 Å². The second kappa shape index (κ2) is 5.49. The SMILES string of the molecule is Cc1nn(CCCC(=O)NC2CC2)c(=O)c2cc3sccc3n12. The van der Waals surface area contributed by atoms with E-state index in [-0.39, 0.29) is 11.5 Å². The van der Waals surface area contributed by atoms with Crippen LogP contribution < -0.4 is 10.9 Å². The molecule has 3 aromatic heterocycles. The number of aromatic nitrogens is 3. The summed E-state index contributed by atoms with van der Waals surface area (Å²) in [6.07, 6.45) is 3.24. The number of nitrogens with one attached hydrogen (secondary N) is 1. The molecule has 3 heterocycles. The molecule has 0 aliphatic heterocycles. The molecule has 1 fully saturated rings. The molecule has 1 N–H and O–H groups in total. The van der Waals surface area contributed by atoms with Gasteiger partial charge < -0.3 is 5.32 Å². The van der Waals surface area contributed by atoms with Gasteiger partial charge in [0.2, 0.25) is 5.91 Å². The monoisotopic (exact) mass is 330 g/mol. The molecule has 0 saturated heterocycles. The lowest BCUT2D eigenvalue weighted by molar-refractivity contribution is -0.121. The number of thiophene rings is 1. The van der Waals surface area contributed by atoms with Crippen LogP contribution in [0.25, 0.3) is 15.7 Å². The summed E-state index contributed by atoms with van der Waals surface area (Å²) in [6, 6.07) is 4.32. The predicted molar refractivity (Wildman–Crippen MR) is 90.0 cm³/mol. The molecule has 0 bridgehead atoms. The lowest BCUT2D eigenvalue weighted by atomic mass is 10.3. The zero-order valence-electron chi connectivity index (χ0n) is 12.9. The molecule has 0 atom stereocenters. The molecule has 0 spiro atoms. The maximum atomic E-state index is 12.6. The van der Waals surface area contributed by atoms with E-state index in [1.54, 1.807) is 11.3 Å². The Morgan fingerprint density at radius 3 is 3.04 bits per heavy atom. The number of rotatable bonds is 5. The van der Waals surface area contributed by atoms with E-state index >= 15 is 0 Å². The molecule has 0 unspecified atom stereocenters. The van der Waals surface area contributed by atoms with Crippen LogP contribution in [0.3, 0.4) is 0 Å². The lowest BCUT2D eigenvalue weighted by Gasteiger charge is -2.08. The van der Waals surface area contributed by atoms with Gasteiger partial charge in [0.05, 0.1) is 10.2 Å². The van der Waals surface area contributed by atoms with Crippen LogP contribution in [0, 0.1) is 6.92 Å². The van der Waals surface area contributed by atoms with Crippen LogP contribution in [0.1, 0.15) is 31.5 Å². The average Bonchev–Trinajstić information content (AvgIpc) is 3.07. The van der Waals surface area contributed by atoms with Crippen molar-refractivity contribution in [3.63, 3.8) is 0 Å². The molecule has 120 valence electrons. The van der Waals surface area contributed by atoms with E-state index < -0.39 is 0 Å². The Morgan fingerprint density at radius 2 is 2.26 bits per heavy atom. The van der Waals surface area contributed by atoms with Crippen molar-refractivity contribution in [2.75, 3.05) is 0 Å². The van der Waals surface area contributed by atoms with Crippen molar-refractivity contribution < 1.29 is 4.79 Å². The fraction of sp³-hybridized carbons (Fsp3) is 0.438. The largest absolute Gasteiger partial charge is 0.353 e. The molecule has 23 heavy (non-hydrogen) atoms. The Morgan fingerprint density at radius 1 is 1.43 bits per heavy atom. The fourth-order valence-corrected chi connectivity index (χ4v) is 3.70. The van der Waals surface area contributed by atoms with E-state index in [2.05, 4.69) is 10.4 Å². The first kappa shape index (κ1) is 14.4. The molecular formula is C16H18N4O2S. The van der Waals surface area contributed by atoms with Gasteiger partial charge in [-0.25, -0.2) is 4.68 Å². The van der Waals surface area contributed by atoms with Gasteiger partial charge in [0.15, 0.2) is 0 Å². The number of fused-ring (bicyclic) bond motifs is 3. The van der Waals surface area contributed by atoms with Crippen molar-refractivity contribution in [1.29, 1.82) is 0 Å². The van der Waals surface area contributed by atoms with Gasteiger partial charge in [0.25, 0.3) is 5.56 Å². The van der Waals surface area contributed by atoms with Crippen molar-refractivity contribution in [1.82, 2.24) is 19.5 Å².